The Hall–Kier alpha value is -2.76. The number of unbranched alkanes of at least 4 members (excludes halogenated alkanes) is 2. The summed E-state index contributed by atoms with van der Waals surface area (Å²) in [6.45, 7) is 3.52. The first-order valence-electron chi connectivity index (χ1n) is 12.7. The molecule has 1 aliphatic rings. The van der Waals surface area contributed by atoms with Gasteiger partial charge in [-0.2, -0.15) is 0 Å². The molecule has 0 radical (unpaired) electrons. The number of rotatable bonds is 12. The van der Waals surface area contributed by atoms with Crippen LogP contribution in [0.5, 0.6) is 5.75 Å². The average molecular weight is 457 g/mol. The van der Waals surface area contributed by atoms with E-state index in [1.807, 2.05) is 50.2 Å². The standard InChI is InChI=1S/C27H37NO5/c1-20(2)28(27(31)22-15-13-21(14-16-22)24-11-8-18-33-24)19-23-9-5-6-10-25(23)32-17-7-3-4-12-26(29)30/h5-6,8-11,18,20-22H,3-4,7,12-17,19H2,1-2H3,(H,29,30)/i19D. The molecule has 2 aromatic rings. The third kappa shape index (κ3) is 7.37. The highest BCUT2D eigenvalue weighted by atomic mass is 16.5. The van der Waals surface area contributed by atoms with Crippen LogP contribution >= 0.6 is 0 Å². The summed E-state index contributed by atoms with van der Waals surface area (Å²) in [6, 6.07) is 11.2. The molecule has 0 bridgehead atoms. The number of carbonyl (C=O) groups is 2. The molecule has 3 rings (SSSR count). The Morgan fingerprint density at radius 3 is 2.55 bits per heavy atom. The Morgan fingerprint density at radius 2 is 1.88 bits per heavy atom. The molecule has 1 amide bonds. The molecule has 1 aliphatic carbocycles. The minimum atomic E-state index is -0.849. The number of carbonyl (C=O) groups excluding carboxylic acids is 1. The maximum Gasteiger partial charge on any atom is 0.303 e. The van der Waals surface area contributed by atoms with E-state index in [0.29, 0.717) is 30.3 Å². The Kier molecular flexibility index (Phi) is 8.84. The summed E-state index contributed by atoms with van der Waals surface area (Å²) < 4.78 is 20.5. The van der Waals surface area contributed by atoms with Crippen LogP contribution in [-0.4, -0.2) is 34.5 Å². The smallest absolute Gasteiger partial charge is 0.303 e. The van der Waals surface area contributed by atoms with Gasteiger partial charge in [0.15, 0.2) is 0 Å². The van der Waals surface area contributed by atoms with Crippen LogP contribution in [0.15, 0.2) is 47.1 Å². The van der Waals surface area contributed by atoms with Gasteiger partial charge in [0.05, 0.1) is 14.2 Å². The Bertz CT molecular complexity index is 906. The number of amides is 1. The van der Waals surface area contributed by atoms with Gasteiger partial charge in [0.25, 0.3) is 0 Å². The van der Waals surface area contributed by atoms with Crippen molar-refractivity contribution in [1.29, 1.82) is 0 Å². The van der Waals surface area contributed by atoms with Crippen LogP contribution in [0.1, 0.15) is 83.8 Å². The van der Waals surface area contributed by atoms with Crippen molar-refractivity contribution in [3.63, 3.8) is 0 Å². The van der Waals surface area contributed by atoms with Gasteiger partial charge in [0.2, 0.25) is 5.91 Å². The van der Waals surface area contributed by atoms with Gasteiger partial charge in [-0.1, -0.05) is 18.2 Å². The molecule has 1 N–H and O–H groups in total. The van der Waals surface area contributed by atoms with Crippen LogP contribution < -0.4 is 4.74 Å². The number of nitrogens with zero attached hydrogens (tertiary/aromatic N) is 1. The highest BCUT2D eigenvalue weighted by molar-refractivity contribution is 5.79. The minimum absolute atomic E-state index is 0.0383. The highest BCUT2D eigenvalue weighted by Crippen LogP contribution is 2.37. The van der Waals surface area contributed by atoms with Crippen molar-refractivity contribution in [3.8, 4) is 5.75 Å². The number of carboxylic acid groups (broad SMARTS) is 1. The van der Waals surface area contributed by atoms with Gasteiger partial charge in [-0.05, 0) is 77.0 Å². The Morgan fingerprint density at radius 1 is 1.12 bits per heavy atom. The van der Waals surface area contributed by atoms with Gasteiger partial charge in [-0.3, -0.25) is 9.59 Å². The number of furan rings is 1. The van der Waals surface area contributed by atoms with Gasteiger partial charge in [0, 0.05) is 36.4 Å². The number of aliphatic carboxylic acids is 1. The lowest BCUT2D eigenvalue weighted by molar-refractivity contribution is -0.139. The van der Waals surface area contributed by atoms with Gasteiger partial charge >= 0.3 is 5.97 Å². The van der Waals surface area contributed by atoms with E-state index in [1.165, 1.54) is 0 Å². The molecule has 33 heavy (non-hydrogen) atoms. The van der Waals surface area contributed by atoms with E-state index >= 15 is 0 Å². The second-order valence-electron chi connectivity index (χ2n) is 9.12. The molecule has 1 aromatic heterocycles. The fraction of sp³-hybridized carbons (Fsp3) is 0.556. The Balaban J connectivity index is 1.61. The summed E-state index contributed by atoms with van der Waals surface area (Å²) in [5.74, 6) is 1.15. The fourth-order valence-electron chi connectivity index (χ4n) is 4.43. The first-order valence-corrected chi connectivity index (χ1v) is 12.1. The molecular formula is C27H37NO5. The summed E-state index contributed by atoms with van der Waals surface area (Å²) in [4.78, 5) is 25.9. The molecule has 1 heterocycles. The SMILES string of the molecule is [2H]C(c1ccccc1OCCCCCC(=O)O)N(C(=O)C1CCC(c2ccco2)CC1)C(C)C. The molecule has 1 unspecified atom stereocenters. The van der Waals surface area contributed by atoms with E-state index in [0.717, 1.165) is 44.3 Å². The van der Waals surface area contributed by atoms with Crippen molar-refractivity contribution in [2.24, 2.45) is 5.92 Å². The first-order chi connectivity index (χ1) is 16.4. The number of hydrogen-bond donors (Lipinski definition) is 1. The lowest BCUT2D eigenvalue weighted by Crippen LogP contribution is -2.41. The van der Waals surface area contributed by atoms with Crippen molar-refractivity contribution in [2.75, 3.05) is 6.61 Å². The van der Waals surface area contributed by atoms with Crippen molar-refractivity contribution in [1.82, 2.24) is 4.90 Å². The number of ether oxygens (including phenoxy) is 1. The molecular weight excluding hydrogens is 418 g/mol. The van der Waals surface area contributed by atoms with Crippen molar-refractivity contribution in [3.05, 3.63) is 54.0 Å². The van der Waals surface area contributed by atoms with Gasteiger partial charge < -0.3 is 19.2 Å². The molecule has 1 aromatic carbocycles. The first kappa shape index (κ1) is 23.4. The van der Waals surface area contributed by atoms with Crippen LogP contribution in [0.25, 0.3) is 0 Å². The average Bonchev–Trinajstić information content (AvgIpc) is 3.36. The van der Waals surface area contributed by atoms with Crippen LogP contribution in [0, 0.1) is 5.92 Å². The molecule has 6 heteroatoms. The third-order valence-corrected chi connectivity index (χ3v) is 6.32. The maximum absolute atomic E-state index is 13.5. The van der Waals surface area contributed by atoms with E-state index < -0.39 is 12.5 Å². The summed E-state index contributed by atoms with van der Waals surface area (Å²) in [7, 11) is 0. The zero-order valence-corrected chi connectivity index (χ0v) is 19.7. The van der Waals surface area contributed by atoms with Crippen LogP contribution in [0.4, 0.5) is 0 Å². The van der Waals surface area contributed by atoms with Crippen LogP contribution in [0.2, 0.25) is 0 Å². The summed E-state index contributed by atoms with van der Waals surface area (Å²) >= 11 is 0. The largest absolute Gasteiger partial charge is 0.493 e. The van der Waals surface area contributed by atoms with Gasteiger partial charge in [-0.25, -0.2) is 0 Å². The molecule has 1 saturated carbocycles. The molecule has 0 spiro atoms. The van der Waals surface area contributed by atoms with E-state index in [2.05, 4.69) is 0 Å². The number of para-hydroxylation sites is 1. The Labute approximate surface area is 198 Å². The van der Waals surface area contributed by atoms with Crippen LogP contribution in [-0.2, 0) is 16.1 Å². The van der Waals surface area contributed by atoms with Gasteiger partial charge in [0.1, 0.15) is 11.5 Å². The predicted molar refractivity (Wildman–Crippen MR) is 127 cm³/mol. The van der Waals surface area contributed by atoms with Gasteiger partial charge in [-0.15, -0.1) is 0 Å². The molecule has 180 valence electrons. The minimum Gasteiger partial charge on any atom is -0.493 e. The second-order valence-corrected chi connectivity index (χ2v) is 9.12. The molecule has 1 fully saturated rings. The predicted octanol–water partition coefficient (Wildman–Crippen LogP) is 6.01. The fourth-order valence-corrected chi connectivity index (χ4v) is 4.43. The lowest BCUT2D eigenvalue weighted by atomic mass is 9.80. The van der Waals surface area contributed by atoms with Crippen LogP contribution in [0.3, 0.4) is 0 Å². The zero-order chi connectivity index (χ0) is 24.5. The second kappa shape index (κ2) is 12.5. The molecule has 6 nitrogen and oxygen atoms in total. The number of carboxylic acids is 1. The number of hydrogen-bond acceptors (Lipinski definition) is 4. The molecule has 0 saturated heterocycles. The normalized spacial score (nSPS) is 19.7. The van der Waals surface area contributed by atoms with E-state index in [-0.39, 0.29) is 24.3 Å². The van der Waals surface area contributed by atoms with E-state index in [1.54, 1.807) is 11.2 Å². The molecule has 1 atom stereocenters. The number of benzene rings is 1. The van der Waals surface area contributed by atoms with Crippen molar-refractivity contribution >= 4 is 11.9 Å². The van der Waals surface area contributed by atoms with E-state index in [4.69, 9.17) is 15.6 Å². The summed E-state index contributed by atoms with van der Waals surface area (Å²) in [6.07, 6.45) is 7.45. The van der Waals surface area contributed by atoms with Crippen molar-refractivity contribution in [2.45, 2.75) is 83.7 Å². The quantitative estimate of drug-likeness (QED) is 0.395. The maximum atomic E-state index is 13.5. The topological polar surface area (TPSA) is 80.0 Å². The highest BCUT2D eigenvalue weighted by Gasteiger charge is 2.32. The molecule has 0 aliphatic heterocycles. The zero-order valence-electron chi connectivity index (χ0n) is 20.7. The van der Waals surface area contributed by atoms with Crippen molar-refractivity contribution < 1.29 is 25.2 Å². The lowest BCUT2D eigenvalue weighted by Gasteiger charge is -2.34. The third-order valence-electron chi connectivity index (χ3n) is 6.32. The monoisotopic (exact) mass is 456 g/mol. The summed E-state index contributed by atoms with van der Waals surface area (Å²) in [5, 5.41) is 8.75. The summed E-state index contributed by atoms with van der Waals surface area (Å²) in [5.41, 5.74) is 0.680. The van der Waals surface area contributed by atoms with E-state index in [9.17, 15) is 9.59 Å².